The summed E-state index contributed by atoms with van der Waals surface area (Å²) < 4.78 is 0. The molecule has 1 amide bonds. The molecule has 1 aliphatic heterocycles. The second-order valence-electron chi connectivity index (χ2n) is 7.79. The number of amides is 1. The predicted octanol–water partition coefficient (Wildman–Crippen LogP) is 1.88. The highest BCUT2D eigenvalue weighted by Gasteiger charge is 2.33. The zero-order valence-corrected chi connectivity index (χ0v) is 16.3. The Hall–Kier alpha value is -2.57. The number of piperazine rings is 1. The largest absolute Gasteiger partial charge is 0.399 e. The van der Waals surface area contributed by atoms with E-state index in [0.717, 1.165) is 49.7 Å². The van der Waals surface area contributed by atoms with Crippen LogP contribution >= 0.6 is 0 Å². The van der Waals surface area contributed by atoms with Crippen molar-refractivity contribution >= 4 is 23.0 Å². The number of nitrogen functional groups attached to an aromatic ring is 1. The van der Waals surface area contributed by atoms with Gasteiger partial charge in [-0.25, -0.2) is 0 Å². The van der Waals surface area contributed by atoms with Crippen molar-refractivity contribution in [1.29, 1.82) is 0 Å². The number of nitrogens with one attached hydrogen (secondary N) is 1. The third-order valence-corrected chi connectivity index (χ3v) is 5.87. The number of fused-ring (bicyclic) bond motifs is 1. The van der Waals surface area contributed by atoms with Crippen molar-refractivity contribution in [2.24, 2.45) is 0 Å². The predicted molar refractivity (Wildman–Crippen MR) is 113 cm³/mol. The Bertz CT molecular complexity index is 861. The van der Waals surface area contributed by atoms with Gasteiger partial charge < -0.3 is 21.1 Å². The van der Waals surface area contributed by atoms with Gasteiger partial charge in [-0.1, -0.05) is 18.2 Å². The number of aliphatic hydroxyl groups is 1. The minimum Gasteiger partial charge on any atom is -0.399 e. The number of hydrogen-bond donors (Lipinski definition) is 3. The van der Waals surface area contributed by atoms with Crippen LogP contribution in [0.3, 0.4) is 0 Å². The first-order chi connectivity index (χ1) is 13.5. The number of anilines is 3. The summed E-state index contributed by atoms with van der Waals surface area (Å²) in [6.07, 6.45) is 1.17. The first kappa shape index (κ1) is 18.8. The fraction of sp³-hybridized carbons (Fsp3) is 0.409. The first-order valence-electron chi connectivity index (χ1n) is 9.92. The Labute approximate surface area is 165 Å². The molecule has 0 aromatic heterocycles. The van der Waals surface area contributed by atoms with Crippen molar-refractivity contribution in [1.82, 2.24) is 4.90 Å². The van der Waals surface area contributed by atoms with E-state index in [2.05, 4.69) is 21.2 Å². The molecule has 2 atom stereocenters. The molecule has 28 heavy (non-hydrogen) atoms. The summed E-state index contributed by atoms with van der Waals surface area (Å²) in [7, 11) is 0. The van der Waals surface area contributed by atoms with Gasteiger partial charge in [0.05, 0.1) is 17.5 Å². The lowest BCUT2D eigenvalue weighted by Crippen LogP contribution is -2.56. The summed E-state index contributed by atoms with van der Waals surface area (Å²) in [5, 5.41) is 13.7. The number of benzene rings is 2. The molecule has 0 spiro atoms. The van der Waals surface area contributed by atoms with Crippen molar-refractivity contribution in [3.63, 3.8) is 0 Å². The fourth-order valence-corrected chi connectivity index (χ4v) is 4.47. The Morgan fingerprint density at radius 2 is 1.82 bits per heavy atom. The molecule has 6 nitrogen and oxygen atoms in total. The van der Waals surface area contributed by atoms with Crippen molar-refractivity contribution in [2.75, 3.05) is 42.1 Å². The number of carbonyl (C=O) groups excluding carboxylic acids is 1. The molecule has 6 heteroatoms. The maximum absolute atomic E-state index is 11.5. The SMILES string of the molecule is CC(=O)Nc1ccccc1N1CCN([C@@H]2Cc3cc(N)ccc3C[C@H]2O)CC1. The highest BCUT2D eigenvalue weighted by molar-refractivity contribution is 5.92. The number of hydrogen-bond acceptors (Lipinski definition) is 5. The van der Waals surface area contributed by atoms with Crippen LogP contribution in [0, 0.1) is 0 Å². The summed E-state index contributed by atoms with van der Waals surface area (Å²) in [6, 6.07) is 14.1. The van der Waals surface area contributed by atoms with Crippen molar-refractivity contribution in [2.45, 2.75) is 31.9 Å². The van der Waals surface area contributed by atoms with Crippen LogP contribution in [0.4, 0.5) is 17.1 Å². The zero-order valence-electron chi connectivity index (χ0n) is 16.3. The number of nitrogens with two attached hydrogens (primary N) is 1. The van der Waals surface area contributed by atoms with E-state index in [-0.39, 0.29) is 18.1 Å². The second-order valence-corrected chi connectivity index (χ2v) is 7.79. The minimum absolute atomic E-state index is 0.0608. The average molecular weight is 380 g/mol. The van der Waals surface area contributed by atoms with Crippen LogP contribution in [-0.4, -0.2) is 54.2 Å². The van der Waals surface area contributed by atoms with Gasteiger partial charge in [0.15, 0.2) is 0 Å². The number of carbonyl (C=O) groups is 1. The van der Waals surface area contributed by atoms with Gasteiger partial charge in [0.1, 0.15) is 0 Å². The quantitative estimate of drug-likeness (QED) is 0.709. The Morgan fingerprint density at radius 3 is 2.57 bits per heavy atom. The number of aliphatic hydroxyl groups excluding tert-OH is 1. The van der Waals surface area contributed by atoms with Crippen LogP contribution in [0.1, 0.15) is 18.1 Å². The summed E-state index contributed by atoms with van der Waals surface area (Å²) in [4.78, 5) is 16.2. The highest BCUT2D eigenvalue weighted by Crippen LogP contribution is 2.30. The second kappa shape index (κ2) is 7.81. The van der Waals surface area contributed by atoms with E-state index in [4.69, 9.17) is 5.73 Å². The molecule has 148 valence electrons. The van der Waals surface area contributed by atoms with Crippen LogP contribution in [-0.2, 0) is 17.6 Å². The average Bonchev–Trinajstić information content (AvgIpc) is 2.68. The topological polar surface area (TPSA) is 81.8 Å². The van der Waals surface area contributed by atoms with Crippen molar-refractivity contribution in [3.05, 3.63) is 53.6 Å². The van der Waals surface area contributed by atoms with Gasteiger partial charge in [-0.2, -0.15) is 0 Å². The van der Waals surface area contributed by atoms with Gasteiger partial charge >= 0.3 is 0 Å². The molecule has 2 aliphatic rings. The standard InChI is InChI=1S/C22H28N4O2/c1-15(27)24-19-4-2-3-5-20(19)25-8-10-26(11-9-25)21-13-17-12-18(23)7-6-16(17)14-22(21)28/h2-7,12,21-22,28H,8-11,13-14,23H2,1H3,(H,24,27)/t21-,22-/m1/s1. The molecule has 0 unspecified atom stereocenters. The maximum Gasteiger partial charge on any atom is 0.221 e. The number of rotatable bonds is 3. The van der Waals surface area contributed by atoms with Crippen LogP contribution in [0.2, 0.25) is 0 Å². The van der Waals surface area contributed by atoms with Crippen molar-refractivity contribution in [3.8, 4) is 0 Å². The van der Waals surface area contributed by atoms with Crippen LogP contribution in [0.15, 0.2) is 42.5 Å². The number of para-hydroxylation sites is 2. The molecule has 1 fully saturated rings. The zero-order chi connectivity index (χ0) is 19.7. The van der Waals surface area contributed by atoms with Gasteiger partial charge in [0.25, 0.3) is 0 Å². The van der Waals surface area contributed by atoms with Gasteiger partial charge in [0.2, 0.25) is 5.91 Å². The van der Waals surface area contributed by atoms with Gasteiger partial charge in [-0.3, -0.25) is 9.69 Å². The maximum atomic E-state index is 11.5. The van der Waals surface area contributed by atoms with E-state index in [0.29, 0.717) is 6.42 Å². The van der Waals surface area contributed by atoms with E-state index in [1.54, 1.807) is 0 Å². The van der Waals surface area contributed by atoms with Gasteiger partial charge in [-0.15, -0.1) is 0 Å². The molecule has 4 rings (SSSR count). The van der Waals surface area contributed by atoms with E-state index >= 15 is 0 Å². The van der Waals surface area contributed by atoms with Crippen LogP contribution in [0.25, 0.3) is 0 Å². The summed E-state index contributed by atoms with van der Waals surface area (Å²) in [6.45, 7) is 5.03. The molecule has 0 bridgehead atoms. The molecule has 0 saturated carbocycles. The smallest absolute Gasteiger partial charge is 0.221 e. The minimum atomic E-state index is -0.352. The Kier molecular flexibility index (Phi) is 5.24. The van der Waals surface area contributed by atoms with E-state index in [1.165, 1.54) is 18.1 Å². The third kappa shape index (κ3) is 3.84. The molecule has 2 aromatic carbocycles. The molecular formula is C22H28N4O2. The lowest BCUT2D eigenvalue weighted by molar-refractivity contribution is -0.114. The van der Waals surface area contributed by atoms with Crippen LogP contribution < -0.4 is 16.0 Å². The normalized spacial score (nSPS) is 22.6. The first-order valence-corrected chi connectivity index (χ1v) is 9.92. The highest BCUT2D eigenvalue weighted by atomic mass is 16.3. The lowest BCUT2D eigenvalue weighted by Gasteiger charge is -2.44. The number of nitrogens with zero attached hydrogens (tertiary/aromatic N) is 2. The molecule has 1 aliphatic carbocycles. The van der Waals surface area contributed by atoms with Crippen molar-refractivity contribution < 1.29 is 9.90 Å². The van der Waals surface area contributed by atoms with Gasteiger partial charge in [-0.05, 0) is 41.8 Å². The van der Waals surface area contributed by atoms with E-state index in [1.807, 2.05) is 36.4 Å². The Balaban J connectivity index is 1.44. The molecule has 1 saturated heterocycles. The molecule has 2 aromatic rings. The summed E-state index contributed by atoms with van der Waals surface area (Å²) in [5.41, 5.74) is 11.1. The molecular weight excluding hydrogens is 352 g/mol. The van der Waals surface area contributed by atoms with E-state index < -0.39 is 0 Å². The third-order valence-electron chi connectivity index (χ3n) is 5.87. The Morgan fingerprint density at radius 1 is 1.07 bits per heavy atom. The molecule has 0 radical (unpaired) electrons. The fourth-order valence-electron chi connectivity index (χ4n) is 4.47. The van der Waals surface area contributed by atoms with Gasteiger partial charge in [0, 0.05) is 51.3 Å². The summed E-state index contributed by atoms with van der Waals surface area (Å²) >= 11 is 0. The monoisotopic (exact) mass is 380 g/mol. The summed E-state index contributed by atoms with van der Waals surface area (Å²) in [5.74, 6) is -0.0608. The van der Waals surface area contributed by atoms with E-state index in [9.17, 15) is 9.90 Å². The lowest BCUT2D eigenvalue weighted by atomic mass is 9.85. The van der Waals surface area contributed by atoms with Crippen LogP contribution in [0.5, 0.6) is 0 Å². The molecule has 1 heterocycles. The molecule has 4 N–H and O–H groups in total.